The molecular weight excluding hydrogens is 671 g/mol. The summed E-state index contributed by atoms with van der Waals surface area (Å²) in [5.74, 6) is 1.55. The number of allylic oxidation sites excluding steroid dienone is 4. The number of amidine groups is 2. The van der Waals surface area contributed by atoms with Crippen LogP contribution in [0.3, 0.4) is 0 Å². The maximum Gasteiger partial charge on any atom is 0.159 e. The van der Waals surface area contributed by atoms with Crippen molar-refractivity contribution in [1.82, 2.24) is 14.5 Å². The van der Waals surface area contributed by atoms with Crippen LogP contribution < -0.4 is 5.32 Å². The molecule has 0 saturated carbocycles. The molecule has 10 rings (SSSR count). The lowest BCUT2D eigenvalue weighted by Crippen LogP contribution is -2.34. The Balaban J connectivity index is 1.04. The second-order valence-corrected chi connectivity index (χ2v) is 14.8. The number of fused-ring (bicyclic) bond motifs is 5. The topological polar surface area (TPSA) is 46.6 Å². The smallest absolute Gasteiger partial charge is 0.159 e. The Labute approximate surface area is 321 Å². The van der Waals surface area contributed by atoms with Crippen molar-refractivity contribution >= 4 is 50.1 Å². The molecular formula is C50H39N5. The summed E-state index contributed by atoms with van der Waals surface area (Å²) in [6, 6.07) is 55.9. The van der Waals surface area contributed by atoms with Gasteiger partial charge in [-0.3, -0.25) is 0 Å². The predicted octanol–water partition coefficient (Wildman–Crippen LogP) is 11.2. The number of benzene rings is 5. The van der Waals surface area contributed by atoms with E-state index in [1.165, 1.54) is 38.6 Å². The third-order valence-electron chi connectivity index (χ3n) is 11.4. The monoisotopic (exact) mass is 709 g/mol. The molecule has 2 aliphatic rings. The fourth-order valence-electron chi connectivity index (χ4n) is 8.35. The molecule has 0 saturated heterocycles. The van der Waals surface area contributed by atoms with Crippen molar-refractivity contribution in [3.05, 3.63) is 203 Å². The molecule has 8 aromatic rings. The van der Waals surface area contributed by atoms with Gasteiger partial charge >= 0.3 is 0 Å². The zero-order chi connectivity index (χ0) is 37.1. The van der Waals surface area contributed by atoms with Gasteiger partial charge in [0.15, 0.2) is 5.84 Å². The minimum atomic E-state index is -0.243. The number of hydrogen-bond donors (Lipinski definition) is 1. The second-order valence-electron chi connectivity index (χ2n) is 14.8. The van der Waals surface area contributed by atoms with Gasteiger partial charge in [-0.25, -0.2) is 9.98 Å². The summed E-state index contributed by atoms with van der Waals surface area (Å²) in [6.07, 6.45) is 7.69. The molecule has 55 heavy (non-hydrogen) atoms. The van der Waals surface area contributed by atoms with Gasteiger partial charge in [-0.15, -0.1) is 0 Å². The highest BCUT2D eigenvalue weighted by Gasteiger charge is 2.29. The number of nitrogens with one attached hydrogen (secondary N) is 1. The third kappa shape index (κ3) is 5.41. The first-order valence-corrected chi connectivity index (χ1v) is 18.9. The number of aryl methyl sites for hydroxylation is 1. The maximum absolute atomic E-state index is 5.08. The fraction of sp³-hybridized carbons (Fsp3) is 0.120. The second kappa shape index (κ2) is 12.9. The van der Waals surface area contributed by atoms with Gasteiger partial charge in [0.25, 0.3) is 0 Å². The molecule has 2 unspecified atom stereocenters. The minimum Gasteiger partial charge on any atom is -0.344 e. The quantitative estimate of drug-likeness (QED) is 0.184. The van der Waals surface area contributed by atoms with Crippen molar-refractivity contribution in [3.63, 3.8) is 0 Å². The van der Waals surface area contributed by atoms with Crippen LogP contribution in [0.2, 0.25) is 0 Å². The van der Waals surface area contributed by atoms with Crippen LogP contribution in [0.15, 0.2) is 168 Å². The predicted molar refractivity (Wildman–Crippen MR) is 227 cm³/mol. The summed E-state index contributed by atoms with van der Waals surface area (Å²) in [7, 11) is 0. The van der Waals surface area contributed by atoms with Crippen LogP contribution in [0.25, 0.3) is 44.1 Å². The van der Waals surface area contributed by atoms with Crippen LogP contribution in [0.4, 0.5) is 0 Å². The molecule has 0 radical (unpaired) electrons. The van der Waals surface area contributed by atoms with Crippen LogP contribution in [0.5, 0.6) is 0 Å². The molecule has 2 aromatic heterocycles. The van der Waals surface area contributed by atoms with Gasteiger partial charge in [-0.1, -0.05) is 140 Å². The van der Waals surface area contributed by atoms with Gasteiger partial charge in [0.2, 0.25) is 0 Å². The summed E-state index contributed by atoms with van der Waals surface area (Å²) in [4.78, 5) is 10.1. The Morgan fingerprint density at radius 3 is 2.22 bits per heavy atom. The lowest BCUT2D eigenvalue weighted by Gasteiger charge is -2.30. The van der Waals surface area contributed by atoms with E-state index in [4.69, 9.17) is 9.98 Å². The molecule has 5 heteroatoms. The highest BCUT2D eigenvalue weighted by Crippen LogP contribution is 2.42. The van der Waals surface area contributed by atoms with Crippen molar-refractivity contribution in [2.45, 2.75) is 38.8 Å². The Morgan fingerprint density at radius 2 is 1.45 bits per heavy atom. The van der Waals surface area contributed by atoms with Gasteiger partial charge in [-0.05, 0) is 73.4 Å². The Kier molecular flexibility index (Phi) is 7.67. The summed E-state index contributed by atoms with van der Waals surface area (Å²) < 4.78 is 4.76. The molecule has 0 fully saturated rings. The average molecular weight is 710 g/mol. The van der Waals surface area contributed by atoms with Crippen molar-refractivity contribution in [1.29, 1.82) is 0 Å². The van der Waals surface area contributed by atoms with E-state index in [-0.39, 0.29) is 11.6 Å². The van der Waals surface area contributed by atoms with Crippen molar-refractivity contribution in [3.8, 4) is 5.69 Å². The standard InChI is InChI=1S/C50H39N5/c1-33-34(2)54(39-22-11-6-12-23-39)44-27-26-42-41-24-13-14-25-43(41)55(46(42)45(33)44)40-28-30-50(3,31-29-40)38-21-15-20-37(32-38)49-52-47(35-16-7-4-8-17-35)51-48(53-49)36-18-9-5-10-19-36/h4-25,28-30,32,47H,31H2,1-3H3,(H,51,52,53). The molecule has 1 aliphatic carbocycles. The largest absolute Gasteiger partial charge is 0.344 e. The summed E-state index contributed by atoms with van der Waals surface area (Å²) >= 11 is 0. The van der Waals surface area contributed by atoms with E-state index in [9.17, 15) is 0 Å². The number of aromatic nitrogens is 2. The average Bonchev–Trinajstić information content (AvgIpc) is 3.72. The van der Waals surface area contributed by atoms with Gasteiger partial charge < -0.3 is 14.5 Å². The molecule has 264 valence electrons. The number of rotatable bonds is 6. The van der Waals surface area contributed by atoms with E-state index < -0.39 is 0 Å². The van der Waals surface area contributed by atoms with E-state index in [1.807, 2.05) is 24.3 Å². The SMILES string of the molecule is Cc1c(C)n(-c2ccccc2)c2c#cc3c4ccccc4n(C4=CCC(C)(c5cccc(C6=NC(c7ccccc7)=NC(c7ccccc7)N6)c5)C=C4)c3c12. The number of para-hydroxylation sites is 2. The maximum atomic E-state index is 5.08. The highest BCUT2D eigenvalue weighted by molar-refractivity contribution is 6.19. The van der Waals surface area contributed by atoms with Gasteiger partial charge in [0.05, 0.1) is 16.4 Å². The lowest BCUT2D eigenvalue weighted by molar-refractivity contribution is 0.599. The zero-order valence-corrected chi connectivity index (χ0v) is 31.1. The fourth-order valence-corrected chi connectivity index (χ4v) is 8.35. The summed E-state index contributed by atoms with van der Waals surface area (Å²) in [6.45, 7) is 6.78. The van der Waals surface area contributed by atoms with Crippen LogP contribution in [0, 0.1) is 26.0 Å². The molecule has 0 bridgehead atoms. The molecule has 1 N–H and O–H groups in total. The third-order valence-corrected chi connectivity index (χ3v) is 11.4. The van der Waals surface area contributed by atoms with E-state index >= 15 is 0 Å². The first-order valence-electron chi connectivity index (χ1n) is 18.9. The highest BCUT2D eigenvalue weighted by atomic mass is 15.2. The Bertz CT molecular complexity index is 2890. The van der Waals surface area contributed by atoms with Crippen molar-refractivity contribution in [2.75, 3.05) is 0 Å². The number of aliphatic imine (C=N–C) groups is 2. The normalized spacial score (nSPS) is 18.2. The molecule has 1 aliphatic heterocycles. The molecule has 6 aromatic carbocycles. The van der Waals surface area contributed by atoms with Crippen molar-refractivity contribution < 1.29 is 0 Å². The van der Waals surface area contributed by atoms with Crippen LogP contribution >= 0.6 is 0 Å². The van der Waals surface area contributed by atoms with Crippen LogP contribution in [-0.4, -0.2) is 20.8 Å². The molecule has 5 nitrogen and oxygen atoms in total. The van der Waals surface area contributed by atoms with Gasteiger partial charge in [0, 0.05) is 44.4 Å². The number of nitrogens with zero attached hydrogens (tertiary/aromatic N) is 4. The molecule has 0 spiro atoms. The Hall–Kier alpha value is -6.90. The zero-order valence-electron chi connectivity index (χ0n) is 31.1. The Morgan fingerprint density at radius 1 is 0.745 bits per heavy atom. The minimum absolute atomic E-state index is 0.221. The van der Waals surface area contributed by atoms with Crippen LogP contribution in [-0.2, 0) is 5.41 Å². The van der Waals surface area contributed by atoms with Crippen molar-refractivity contribution in [2.24, 2.45) is 9.98 Å². The van der Waals surface area contributed by atoms with Gasteiger partial charge in [-0.2, -0.15) is 0 Å². The molecule has 0 amide bonds. The molecule has 2 atom stereocenters. The summed E-state index contributed by atoms with van der Waals surface area (Å²) in [5.41, 5.74) is 12.3. The number of hydrogen-bond acceptors (Lipinski definition) is 3. The van der Waals surface area contributed by atoms with E-state index in [2.05, 4.69) is 181 Å². The van der Waals surface area contributed by atoms with E-state index in [0.29, 0.717) is 0 Å². The molecule has 3 heterocycles. The first kappa shape index (κ1) is 32.7. The van der Waals surface area contributed by atoms with Crippen LogP contribution in [0.1, 0.15) is 53.0 Å². The lowest BCUT2D eigenvalue weighted by atomic mass is 9.76. The van der Waals surface area contributed by atoms with E-state index in [0.717, 1.165) is 57.1 Å². The van der Waals surface area contributed by atoms with Gasteiger partial charge in [0.1, 0.15) is 17.5 Å². The summed E-state index contributed by atoms with van der Waals surface area (Å²) in [5, 5.41) is 7.14. The first-order chi connectivity index (χ1) is 27.0. The van der Waals surface area contributed by atoms with E-state index in [1.54, 1.807) is 0 Å².